The highest BCUT2D eigenvalue weighted by Gasteiger charge is 2.35. The molecule has 2 atom stereocenters. The SMILES string of the molecule is CN(Cc1ccccc1C(F)(F)F)C(=O)[C@H]1CCC[C@@H]1N. The summed E-state index contributed by atoms with van der Waals surface area (Å²) >= 11 is 0. The van der Waals surface area contributed by atoms with E-state index in [9.17, 15) is 18.0 Å². The highest BCUT2D eigenvalue weighted by atomic mass is 19.4. The largest absolute Gasteiger partial charge is 0.416 e. The van der Waals surface area contributed by atoms with Gasteiger partial charge in [0.2, 0.25) is 5.91 Å². The lowest BCUT2D eigenvalue weighted by Gasteiger charge is -2.24. The Labute approximate surface area is 121 Å². The fourth-order valence-electron chi connectivity index (χ4n) is 2.85. The van der Waals surface area contributed by atoms with E-state index in [1.165, 1.54) is 24.1 Å². The molecule has 116 valence electrons. The average Bonchev–Trinajstić information content (AvgIpc) is 2.83. The van der Waals surface area contributed by atoms with Crippen LogP contribution in [0.2, 0.25) is 0 Å². The molecule has 1 amide bonds. The Morgan fingerprint density at radius 1 is 1.33 bits per heavy atom. The second-order valence-corrected chi connectivity index (χ2v) is 5.55. The van der Waals surface area contributed by atoms with Gasteiger partial charge in [-0.3, -0.25) is 4.79 Å². The van der Waals surface area contributed by atoms with E-state index in [0.29, 0.717) is 6.42 Å². The number of carbonyl (C=O) groups is 1. The van der Waals surface area contributed by atoms with E-state index in [2.05, 4.69) is 0 Å². The number of hydrogen-bond donors (Lipinski definition) is 1. The molecule has 2 rings (SSSR count). The Morgan fingerprint density at radius 2 is 2.00 bits per heavy atom. The van der Waals surface area contributed by atoms with Crippen LogP contribution >= 0.6 is 0 Å². The summed E-state index contributed by atoms with van der Waals surface area (Å²) < 4.78 is 38.8. The first kappa shape index (κ1) is 15.8. The van der Waals surface area contributed by atoms with Crippen LogP contribution in [0, 0.1) is 5.92 Å². The van der Waals surface area contributed by atoms with E-state index in [0.717, 1.165) is 18.9 Å². The molecule has 0 unspecified atom stereocenters. The summed E-state index contributed by atoms with van der Waals surface area (Å²) in [7, 11) is 1.53. The van der Waals surface area contributed by atoms with Gasteiger partial charge in [-0.1, -0.05) is 24.6 Å². The Bertz CT molecular complexity index is 516. The summed E-state index contributed by atoms with van der Waals surface area (Å²) in [5.74, 6) is -0.440. The number of benzene rings is 1. The molecule has 6 heteroatoms. The predicted molar refractivity (Wildman–Crippen MR) is 73.2 cm³/mol. The molecule has 0 bridgehead atoms. The zero-order valence-corrected chi connectivity index (χ0v) is 11.9. The maximum absolute atomic E-state index is 12.9. The summed E-state index contributed by atoms with van der Waals surface area (Å²) in [6, 6.07) is 5.15. The zero-order valence-electron chi connectivity index (χ0n) is 11.9. The molecule has 1 aliphatic carbocycles. The molecule has 2 N–H and O–H groups in total. The number of rotatable bonds is 3. The van der Waals surface area contributed by atoms with E-state index in [-0.39, 0.29) is 30.0 Å². The van der Waals surface area contributed by atoms with Gasteiger partial charge in [-0.25, -0.2) is 0 Å². The second-order valence-electron chi connectivity index (χ2n) is 5.55. The van der Waals surface area contributed by atoms with Crippen molar-refractivity contribution in [1.29, 1.82) is 0 Å². The lowest BCUT2D eigenvalue weighted by Crippen LogP contribution is -2.39. The number of nitrogens with zero attached hydrogens (tertiary/aromatic N) is 1. The second kappa shape index (κ2) is 6.05. The van der Waals surface area contributed by atoms with Crippen molar-refractivity contribution in [2.75, 3.05) is 7.05 Å². The molecule has 1 aromatic carbocycles. The summed E-state index contributed by atoms with van der Waals surface area (Å²) in [4.78, 5) is 13.6. The number of hydrogen-bond acceptors (Lipinski definition) is 2. The van der Waals surface area contributed by atoms with Crippen LogP contribution in [0.3, 0.4) is 0 Å². The molecule has 0 aliphatic heterocycles. The number of halogens is 3. The first-order chi connectivity index (χ1) is 9.80. The lowest BCUT2D eigenvalue weighted by atomic mass is 10.0. The van der Waals surface area contributed by atoms with Gasteiger partial charge in [0.15, 0.2) is 0 Å². The average molecular weight is 300 g/mol. The number of carbonyl (C=O) groups excluding carboxylic acids is 1. The third-order valence-electron chi connectivity index (χ3n) is 3.99. The Morgan fingerprint density at radius 3 is 2.57 bits per heavy atom. The molecule has 0 heterocycles. The van der Waals surface area contributed by atoms with Gasteiger partial charge >= 0.3 is 6.18 Å². The molecule has 1 aliphatic rings. The zero-order chi connectivity index (χ0) is 15.6. The Balaban J connectivity index is 2.13. The number of amides is 1. The third-order valence-corrected chi connectivity index (χ3v) is 3.99. The fraction of sp³-hybridized carbons (Fsp3) is 0.533. The van der Waals surface area contributed by atoms with Crippen molar-refractivity contribution in [3.05, 3.63) is 35.4 Å². The summed E-state index contributed by atoms with van der Waals surface area (Å²) in [6.45, 7) is -0.0578. The highest BCUT2D eigenvalue weighted by molar-refractivity contribution is 5.79. The molecular formula is C15H19F3N2O. The van der Waals surface area contributed by atoms with Gasteiger partial charge in [0.05, 0.1) is 11.5 Å². The van der Waals surface area contributed by atoms with Crippen LogP contribution in [0.5, 0.6) is 0 Å². The third kappa shape index (κ3) is 3.56. The van der Waals surface area contributed by atoms with E-state index >= 15 is 0 Å². The first-order valence-electron chi connectivity index (χ1n) is 6.96. The lowest BCUT2D eigenvalue weighted by molar-refractivity contribution is -0.140. The van der Waals surface area contributed by atoms with E-state index in [1.807, 2.05) is 0 Å². The molecule has 1 saturated carbocycles. The Hall–Kier alpha value is -1.56. The molecule has 0 radical (unpaired) electrons. The van der Waals surface area contributed by atoms with Crippen LogP contribution < -0.4 is 5.73 Å². The van der Waals surface area contributed by atoms with Crippen molar-refractivity contribution in [2.45, 2.75) is 38.0 Å². The van der Waals surface area contributed by atoms with Crippen molar-refractivity contribution in [2.24, 2.45) is 11.7 Å². The minimum absolute atomic E-state index is 0.0578. The first-order valence-corrected chi connectivity index (χ1v) is 6.96. The minimum atomic E-state index is -4.41. The maximum Gasteiger partial charge on any atom is 0.416 e. The quantitative estimate of drug-likeness (QED) is 0.933. The Kier molecular flexibility index (Phi) is 4.56. The van der Waals surface area contributed by atoms with Gasteiger partial charge in [-0.15, -0.1) is 0 Å². The van der Waals surface area contributed by atoms with Crippen molar-refractivity contribution >= 4 is 5.91 Å². The van der Waals surface area contributed by atoms with Crippen LogP contribution in [-0.2, 0) is 17.5 Å². The van der Waals surface area contributed by atoms with Crippen molar-refractivity contribution in [1.82, 2.24) is 4.90 Å². The molecular weight excluding hydrogens is 281 g/mol. The normalized spacial score (nSPS) is 22.3. The standard InChI is InChI=1S/C15H19F3N2O/c1-20(14(21)11-6-4-8-13(11)19)9-10-5-2-3-7-12(10)15(16,17)18/h2-3,5,7,11,13H,4,6,8-9,19H2,1H3/t11-,13-/m0/s1. The summed E-state index contributed by atoms with van der Waals surface area (Å²) in [6.07, 6.45) is -2.01. The van der Waals surface area contributed by atoms with Gasteiger partial charge < -0.3 is 10.6 Å². The van der Waals surface area contributed by atoms with Gasteiger partial charge in [0.1, 0.15) is 0 Å². The van der Waals surface area contributed by atoms with Gasteiger partial charge in [-0.2, -0.15) is 13.2 Å². The predicted octanol–water partition coefficient (Wildman–Crippen LogP) is 2.79. The van der Waals surface area contributed by atoms with E-state index < -0.39 is 11.7 Å². The van der Waals surface area contributed by atoms with Crippen LogP contribution in [0.25, 0.3) is 0 Å². The van der Waals surface area contributed by atoms with E-state index in [1.54, 1.807) is 6.07 Å². The summed E-state index contributed by atoms with van der Waals surface area (Å²) in [5, 5.41) is 0. The van der Waals surface area contributed by atoms with E-state index in [4.69, 9.17) is 5.73 Å². The van der Waals surface area contributed by atoms with Gasteiger partial charge in [0, 0.05) is 19.6 Å². The van der Waals surface area contributed by atoms with Gasteiger partial charge in [0.25, 0.3) is 0 Å². The highest BCUT2D eigenvalue weighted by Crippen LogP contribution is 2.33. The molecule has 0 saturated heterocycles. The minimum Gasteiger partial charge on any atom is -0.341 e. The van der Waals surface area contributed by atoms with Crippen molar-refractivity contribution < 1.29 is 18.0 Å². The molecule has 3 nitrogen and oxygen atoms in total. The van der Waals surface area contributed by atoms with Crippen molar-refractivity contribution in [3.8, 4) is 0 Å². The summed E-state index contributed by atoms with van der Waals surface area (Å²) in [5.41, 5.74) is 5.29. The van der Waals surface area contributed by atoms with Gasteiger partial charge in [-0.05, 0) is 24.5 Å². The van der Waals surface area contributed by atoms with Crippen LogP contribution in [0.15, 0.2) is 24.3 Å². The molecule has 1 aromatic rings. The van der Waals surface area contributed by atoms with Crippen LogP contribution in [0.4, 0.5) is 13.2 Å². The van der Waals surface area contributed by atoms with Crippen LogP contribution in [0.1, 0.15) is 30.4 Å². The molecule has 21 heavy (non-hydrogen) atoms. The molecule has 1 fully saturated rings. The maximum atomic E-state index is 12.9. The molecule has 0 aromatic heterocycles. The van der Waals surface area contributed by atoms with Crippen LogP contribution in [-0.4, -0.2) is 23.9 Å². The monoisotopic (exact) mass is 300 g/mol. The fourth-order valence-corrected chi connectivity index (χ4v) is 2.85. The number of alkyl halides is 3. The number of nitrogens with two attached hydrogens (primary N) is 1. The molecule has 0 spiro atoms. The smallest absolute Gasteiger partial charge is 0.341 e. The van der Waals surface area contributed by atoms with Crippen molar-refractivity contribution in [3.63, 3.8) is 0 Å². The topological polar surface area (TPSA) is 46.3 Å².